The third-order valence-electron chi connectivity index (χ3n) is 4.84. The van der Waals surface area contributed by atoms with E-state index in [-0.39, 0.29) is 17.4 Å². The summed E-state index contributed by atoms with van der Waals surface area (Å²) in [4.78, 5) is 33.8. The van der Waals surface area contributed by atoms with Gasteiger partial charge >= 0.3 is 0 Å². The van der Waals surface area contributed by atoms with Crippen molar-refractivity contribution in [1.82, 2.24) is 9.97 Å². The Morgan fingerprint density at radius 2 is 1.89 bits per heavy atom. The van der Waals surface area contributed by atoms with E-state index in [9.17, 15) is 9.59 Å². The van der Waals surface area contributed by atoms with E-state index in [1.165, 1.54) is 6.07 Å². The lowest BCUT2D eigenvalue weighted by molar-refractivity contribution is -0.119. The van der Waals surface area contributed by atoms with E-state index in [0.29, 0.717) is 11.5 Å². The van der Waals surface area contributed by atoms with Gasteiger partial charge in [-0.15, -0.1) is 0 Å². The second kappa shape index (κ2) is 7.31. The Bertz CT molecular complexity index is 1070. The van der Waals surface area contributed by atoms with Crippen molar-refractivity contribution >= 4 is 17.4 Å². The van der Waals surface area contributed by atoms with Crippen molar-refractivity contribution in [3.63, 3.8) is 0 Å². The second-order valence-electron chi connectivity index (χ2n) is 6.92. The van der Waals surface area contributed by atoms with Crippen LogP contribution in [0.25, 0.3) is 11.3 Å². The molecular weight excluding hydrogens is 354 g/mol. The summed E-state index contributed by atoms with van der Waals surface area (Å²) in [6.45, 7) is 1.94. The molecule has 142 valence electrons. The van der Waals surface area contributed by atoms with Crippen LogP contribution in [0.1, 0.15) is 18.4 Å². The van der Waals surface area contributed by atoms with Gasteiger partial charge in [0.15, 0.2) is 0 Å². The number of amides is 1. The summed E-state index contributed by atoms with van der Waals surface area (Å²) in [5, 5.41) is 0. The first-order chi connectivity index (χ1) is 13.6. The molecule has 0 saturated heterocycles. The van der Waals surface area contributed by atoms with Gasteiger partial charge in [-0.25, -0.2) is 4.98 Å². The Hall–Kier alpha value is -3.41. The quantitative estimate of drug-likeness (QED) is 0.735. The van der Waals surface area contributed by atoms with Crippen LogP contribution in [0.2, 0.25) is 0 Å². The van der Waals surface area contributed by atoms with Crippen molar-refractivity contribution in [2.24, 2.45) is 5.92 Å². The molecule has 0 bridgehead atoms. The highest BCUT2D eigenvalue weighted by atomic mass is 16.5. The van der Waals surface area contributed by atoms with Crippen LogP contribution in [0.5, 0.6) is 5.75 Å². The second-order valence-corrected chi connectivity index (χ2v) is 6.92. The largest absolute Gasteiger partial charge is 0.497 e. The van der Waals surface area contributed by atoms with Gasteiger partial charge in [-0.3, -0.25) is 14.5 Å². The number of H-pyrrole nitrogens is 1. The minimum atomic E-state index is -0.190. The van der Waals surface area contributed by atoms with Crippen LogP contribution < -0.4 is 15.2 Å². The molecule has 1 aliphatic carbocycles. The SMILES string of the molecule is COc1ccc(N(C(=O)C2CC2)c2ccc(C)c(-c3cc[nH]c(=O)c3)n2)cc1. The van der Waals surface area contributed by atoms with E-state index in [0.717, 1.165) is 35.4 Å². The molecule has 1 N–H and O–H groups in total. The van der Waals surface area contributed by atoms with Crippen LogP contribution in [-0.2, 0) is 4.79 Å². The zero-order valence-corrected chi connectivity index (χ0v) is 15.8. The minimum absolute atomic E-state index is 0.0354. The van der Waals surface area contributed by atoms with Gasteiger partial charge in [-0.05, 0) is 61.7 Å². The van der Waals surface area contributed by atoms with Gasteiger partial charge in [0.05, 0.1) is 18.5 Å². The van der Waals surface area contributed by atoms with Gasteiger partial charge in [0.25, 0.3) is 0 Å². The number of aromatic amines is 1. The fourth-order valence-electron chi connectivity index (χ4n) is 3.14. The number of nitrogens with one attached hydrogen (secondary N) is 1. The van der Waals surface area contributed by atoms with Crippen LogP contribution in [0.3, 0.4) is 0 Å². The van der Waals surface area contributed by atoms with Gasteiger partial charge < -0.3 is 9.72 Å². The molecule has 1 fully saturated rings. The monoisotopic (exact) mass is 375 g/mol. The van der Waals surface area contributed by atoms with Gasteiger partial charge in [0.1, 0.15) is 11.6 Å². The number of carbonyl (C=O) groups is 1. The number of nitrogens with zero attached hydrogens (tertiary/aromatic N) is 2. The number of rotatable bonds is 5. The van der Waals surface area contributed by atoms with Gasteiger partial charge in [-0.2, -0.15) is 0 Å². The molecule has 28 heavy (non-hydrogen) atoms. The van der Waals surface area contributed by atoms with Gasteiger partial charge in [0, 0.05) is 23.7 Å². The summed E-state index contributed by atoms with van der Waals surface area (Å²) in [7, 11) is 1.61. The number of benzene rings is 1. The van der Waals surface area contributed by atoms with Crippen LogP contribution in [-0.4, -0.2) is 23.0 Å². The highest BCUT2D eigenvalue weighted by molar-refractivity contribution is 6.02. The molecule has 1 saturated carbocycles. The lowest BCUT2D eigenvalue weighted by Gasteiger charge is -2.23. The summed E-state index contributed by atoms with van der Waals surface area (Å²) in [6.07, 6.45) is 3.40. The molecule has 0 atom stereocenters. The van der Waals surface area contributed by atoms with E-state index in [1.807, 2.05) is 43.3 Å². The van der Waals surface area contributed by atoms with E-state index in [2.05, 4.69) is 4.98 Å². The lowest BCUT2D eigenvalue weighted by atomic mass is 10.1. The number of hydrogen-bond donors (Lipinski definition) is 1. The number of anilines is 2. The summed E-state index contributed by atoms with van der Waals surface area (Å²) in [6, 6.07) is 14.5. The number of hydrogen-bond acceptors (Lipinski definition) is 4. The zero-order chi connectivity index (χ0) is 19.7. The van der Waals surface area contributed by atoms with Gasteiger partial charge in [0.2, 0.25) is 11.5 Å². The first-order valence-corrected chi connectivity index (χ1v) is 9.21. The molecule has 0 spiro atoms. The topological polar surface area (TPSA) is 75.3 Å². The third-order valence-corrected chi connectivity index (χ3v) is 4.84. The first kappa shape index (κ1) is 18.0. The molecule has 4 rings (SSSR count). The molecule has 3 aromatic rings. The zero-order valence-electron chi connectivity index (χ0n) is 15.8. The average Bonchev–Trinajstić information content (AvgIpc) is 3.55. The molecule has 6 nitrogen and oxygen atoms in total. The van der Waals surface area contributed by atoms with Crippen molar-refractivity contribution < 1.29 is 9.53 Å². The summed E-state index contributed by atoms with van der Waals surface area (Å²) in [5.74, 6) is 1.35. The Morgan fingerprint density at radius 1 is 1.14 bits per heavy atom. The van der Waals surface area contributed by atoms with Crippen LogP contribution in [0, 0.1) is 12.8 Å². The highest BCUT2D eigenvalue weighted by Crippen LogP contribution is 2.37. The van der Waals surface area contributed by atoms with Crippen molar-refractivity contribution in [3.05, 3.63) is 70.6 Å². The molecule has 2 aromatic heterocycles. The maximum Gasteiger partial charge on any atom is 0.248 e. The molecule has 0 unspecified atom stereocenters. The normalized spacial score (nSPS) is 13.2. The summed E-state index contributed by atoms with van der Waals surface area (Å²) in [5.41, 5.74) is 2.89. The van der Waals surface area contributed by atoms with Crippen molar-refractivity contribution in [3.8, 4) is 17.0 Å². The molecule has 1 aromatic carbocycles. The van der Waals surface area contributed by atoms with E-state index < -0.39 is 0 Å². The fraction of sp³-hybridized carbons (Fsp3) is 0.227. The number of aromatic nitrogens is 2. The highest BCUT2D eigenvalue weighted by Gasteiger charge is 2.35. The molecule has 6 heteroatoms. The molecule has 1 amide bonds. The molecule has 0 radical (unpaired) electrons. The van der Waals surface area contributed by atoms with E-state index in [4.69, 9.17) is 9.72 Å². The molecular formula is C22H21N3O3. The molecule has 0 aliphatic heterocycles. The van der Waals surface area contributed by atoms with E-state index >= 15 is 0 Å². The predicted molar refractivity (Wildman–Crippen MR) is 108 cm³/mol. The molecule has 2 heterocycles. The predicted octanol–water partition coefficient (Wildman–Crippen LogP) is 3.83. The van der Waals surface area contributed by atoms with Crippen LogP contribution in [0.15, 0.2) is 59.5 Å². The summed E-state index contributed by atoms with van der Waals surface area (Å²) < 4.78 is 5.23. The number of pyridine rings is 2. The number of ether oxygens (including phenoxy) is 1. The smallest absolute Gasteiger partial charge is 0.248 e. The maximum absolute atomic E-state index is 13.0. The summed E-state index contributed by atoms with van der Waals surface area (Å²) >= 11 is 0. The Balaban J connectivity index is 1.80. The van der Waals surface area contributed by atoms with Crippen LogP contribution >= 0.6 is 0 Å². The minimum Gasteiger partial charge on any atom is -0.497 e. The van der Waals surface area contributed by atoms with Crippen molar-refractivity contribution in [2.45, 2.75) is 19.8 Å². The van der Waals surface area contributed by atoms with E-state index in [1.54, 1.807) is 24.3 Å². The molecule has 1 aliphatic rings. The number of aryl methyl sites for hydroxylation is 1. The third kappa shape index (κ3) is 3.53. The first-order valence-electron chi connectivity index (χ1n) is 9.21. The number of methoxy groups -OCH3 is 1. The fourth-order valence-corrected chi connectivity index (χ4v) is 3.14. The Morgan fingerprint density at radius 3 is 2.54 bits per heavy atom. The standard InChI is InChI=1S/C22H21N3O3/c1-14-3-10-19(24-21(14)16-11-12-23-20(26)13-16)25(22(27)15-4-5-15)17-6-8-18(28-2)9-7-17/h3,6-13,15H,4-5H2,1-2H3,(H,23,26). The lowest BCUT2D eigenvalue weighted by Crippen LogP contribution is -2.28. The van der Waals surface area contributed by atoms with Crippen molar-refractivity contribution in [1.29, 1.82) is 0 Å². The maximum atomic E-state index is 13.0. The van der Waals surface area contributed by atoms with Crippen LogP contribution in [0.4, 0.5) is 11.5 Å². The average molecular weight is 375 g/mol. The Kier molecular flexibility index (Phi) is 4.69. The van der Waals surface area contributed by atoms with Gasteiger partial charge in [-0.1, -0.05) is 6.07 Å². The number of carbonyl (C=O) groups excluding carboxylic acids is 1. The van der Waals surface area contributed by atoms with Crippen molar-refractivity contribution in [2.75, 3.05) is 12.0 Å². The Labute approximate surface area is 162 Å².